The minimum atomic E-state index is -0.919. The Morgan fingerprint density at radius 1 is 1.00 bits per heavy atom. The molecule has 0 aliphatic carbocycles. The van der Waals surface area contributed by atoms with Crippen LogP contribution < -0.4 is 5.73 Å². The molecule has 0 saturated heterocycles. The summed E-state index contributed by atoms with van der Waals surface area (Å²) in [5.41, 5.74) is 12.5. The average Bonchev–Trinajstić information content (AvgIpc) is 3.29. The fourth-order valence-electron chi connectivity index (χ4n) is 4.31. The van der Waals surface area contributed by atoms with Crippen LogP contribution in [0.4, 0.5) is 5.69 Å². The first-order valence-electron chi connectivity index (χ1n) is 11.1. The van der Waals surface area contributed by atoms with Gasteiger partial charge in [0.25, 0.3) is 0 Å². The van der Waals surface area contributed by atoms with E-state index in [1.54, 1.807) is 18.3 Å². The first kappa shape index (κ1) is 22.0. The minimum absolute atomic E-state index is 0.559. The molecule has 0 amide bonds. The number of carboxylic acid groups (broad SMARTS) is 1. The summed E-state index contributed by atoms with van der Waals surface area (Å²) in [5, 5.41) is 19.4. The molecule has 3 heterocycles. The number of nitrogens with two attached hydrogens (primary N) is 1. The van der Waals surface area contributed by atoms with Crippen LogP contribution in [0.25, 0.3) is 16.1 Å². The number of benzene rings is 2. The molecule has 34 heavy (non-hydrogen) atoms. The zero-order chi connectivity index (χ0) is 24.1. The van der Waals surface area contributed by atoms with Crippen LogP contribution in [-0.4, -0.2) is 31.6 Å². The lowest BCUT2D eigenvalue weighted by Gasteiger charge is -2.16. The van der Waals surface area contributed by atoms with Gasteiger partial charge in [0.05, 0.1) is 11.6 Å². The third kappa shape index (κ3) is 3.51. The highest BCUT2D eigenvalue weighted by Gasteiger charge is 2.36. The van der Waals surface area contributed by atoms with Gasteiger partial charge in [-0.1, -0.05) is 36.4 Å². The number of carboxylic acids is 1. The highest BCUT2D eigenvalue weighted by atomic mass is 32.1. The molecule has 0 spiro atoms. The lowest BCUT2D eigenvalue weighted by Crippen LogP contribution is -2.21. The molecular weight excluding hydrogens is 446 g/mol. The molecule has 1 aliphatic heterocycles. The molecule has 1 aliphatic rings. The quantitative estimate of drug-likeness (QED) is 0.402. The number of rotatable bonds is 4. The van der Waals surface area contributed by atoms with Gasteiger partial charge < -0.3 is 10.8 Å². The van der Waals surface area contributed by atoms with E-state index in [1.165, 1.54) is 4.88 Å². The Morgan fingerprint density at radius 3 is 2.21 bits per heavy atom. The molecule has 1 unspecified atom stereocenters. The van der Waals surface area contributed by atoms with E-state index in [0.717, 1.165) is 50.0 Å². The fourth-order valence-corrected chi connectivity index (χ4v) is 5.53. The van der Waals surface area contributed by atoms with Gasteiger partial charge >= 0.3 is 5.97 Å². The van der Waals surface area contributed by atoms with Gasteiger partial charge in [0.15, 0.2) is 5.82 Å². The predicted molar refractivity (Wildman–Crippen MR) is 135 cm³/mol. The highest BCUT2D eigenvalue weighted by Crippen LogP contribution is 2.40. The van der Waals surface area contributed by atoms with Crippen LogP contribution in [0.2, 0.25) is 0 Å². The Bertz CT molecular complexity index is 1430. The van der Waals surface area contributed by atoms with Crippen LogP contribution in [0.5, 0.6) is 0 Å². The van der Waals surface area contributed by atoms with Crippen LogP contribution in [0, 0.1) is 26.7 Å². The molecule has 0 saturated carbocycles. The van der Waals surface area contributed by atoms with Gasteiger partial charge in [0.1, 0.15) is 16.9 Å². The number of aryl methyl sites for hydroxylation is 2. The Kier molecular flexibility index (Phi) is 5.32. The Hall–Kier alpha value is -3.78. The van der Waals surface area contributed by atoms with E-state index < -0.39 is 17.9 Å². The van der Waals surface area contributed by atoms with E-state index in [2.05, 4.69) is 36.2 Å². The lowest BCUT2D eigenvalue weighted by atomic mass is 9.96. The molecule has 4 aromatic rings. The maximum atomic E-state index is 12.0. The molecule has 0 radical (unpaired) electrons. The molecule has 3 N–H and O–H groups in total. The molecule has 2 atom stereocenters. The van der Waals surface area contributed by atoms with E-state index >= 15 is 0 Å². The number of carbonyl (C=O) groups is 1. The van der Waals surface area contributed by atoms with E-state index in [0.29, 0.717) is 5.82 Å². The Balaban J connectivity index is 1.70. The topological polar surface area (TPSA) is 106 Å². The molecule has 0 fully saturated rings. The summed E-state index contributed by atoms with van der Waals surface area (Å²) in [6.07, 6.45) is 0. The Labute approximate surface area is 201 Å². The van der Waals surface area contributed by atoms with Crippen LogP contribution in [-0.2, 0) is 4.79 Å². The van der Waals surface area contributed by atoms with E-state index in [-0.39, 0.29) is 0 Å². The van der Waals surface area contributed by atoms with Gasteiger partial charge in [-0.05, 0) is 56.5 Å². The maximum Gasteiger partial charge on any atom is 0.308 e. The average molecular weight is 472 g/mol. The number of anilines is 1. The normalized spacial score (nSPS) is 15.8. The van der Waals surface area contributed by atoms with E-state index in [4.69, 9.17) is 10.7 Å². The van der Waals surface area contributed by atoms with Gasteiger partial charge in [-0.3, -0.25) is 14.4 Å². The summed E-state index contributed by atoms with van der Waals surface area (Å²) < 4.78 is 1.98. The lowest BCUT2D eigenvalue weighted by molar-refractivity contribution is -0.141. The van der Waals surface area contributed by atoms with Gasteiger partial charge in [0, 0.05) is 21.7 Å². The van der Waals surface area contributed by atoms with Crippen molar-refractivity contribution in [1.82, 2.24) is 14.8 Å². The van der Waals surface area contributed by atoms with Gasteiger partial charge in [-0.15, -0.1) is 21.5 Å². The number of fused-ring (bicyclic) bond motifs is 3. The SMILES string of the molecule is Cc1sc2c(c1C)C(c1ccc(-c3ccc(N)cc3)cc1)=N[C@@H](C(C)C(=O)O)c1nnc(C)n1-2. The van der Waals surface area contributed by atoms with Crippen molar-refractivity contribution < 1.29 is 9.90 Å². The summed E-state index contributed by atoms with van der Waals surface area (Å²) in [6.45, 7) is 7.74. The predicted octanol–water partition coefficient (Wildman–Crippen LogP) is 5.12. The summed E-state index contributed by atoms with van der Waals surface area (Å²) in [6, 6.07) is 15.3. The monoisotopic (exact) mass is 471 g/mol. The third-order valence-corrected chi connectivity index (χ3v) is 7.65. The number of hydrogen-bond donors (Lipinski definition) is 2. The summed E-state index contributed by atoms with van der Waals surface area (Å²) in [5.74, 6) is -0.405. The number of hydrogen-bond acceptors (Lipinski definition) is 6. The van der Waals surface area contributed by atoms with Crippen molar-refractivity contribution in [2.45, 2.75) is 33.7 Å². The Morgan fingerprint density at radius 2 is 1.59 bits per heavy atom. The number of thiophene rings is 1. The first-order valence-corrected chi connectivity index (χ1v) is 11.9. The second kappa shape index (κ2) is 8.22. The van der Waals surface area contributed by atoms with Crippen LogP contribution in [0.1, 0.15) is 46.2 Å². The van der Waals surface area contributed by atoms with E-state index in [9.17, 15) is 9.90 Å². The van der Waals surface area contributed by atoms with E-state index in [1.807, 2.05) is 47.9 Å². The van der Waals surface area contributed by atoms with Crippen molar-refractivity contribution in [3.63, 3.8) is 0 Å². The maximum absolute atomic E-state index is 12.0. The third-order valence-electron chi connectivity index (χ3n) is 6.45. The number of aliphatic carboxylic acids is 1. The van der Waals surface area contributed by atoms with Gasteiger partial charge in [-0.25, -0.2) is 0 Å². The smallest absolute Gasteiger partial charge is 0.308 e. The van der Waals surface area contributed by atoms with Crippen LogP contribution in [0.15, 0.2) is 53.5 Å². The van der Waals surface area contributed by atoms with Crippen molar-refractivity contribution in [2.75, 3.05) is 5.73 Å². The van der Waals surface area contributed by atoms with Crippen molar-refractivity contribution in [2.24, 2.45) is 10.9 Å². The summed E-state index contributed by atoms with van der Waals surface area (Å²) in [4.78, 5) is 18.2. The largest absolute Gasteiger partial charge is 0.481 e. The second-order valence-corrected chi connectivity index (χ2v) is 9.86. The zero-order valence-electron chi connectivity index (χ0n) is 19.4. The number of aliphatic imine (C=N–C) groups is 1. The molecular formula is C26H25N5O2S. The van der Waals surface area contributed by atoms with Crippen LogP contribution >= 0.6 is 11.3 Å². The molecule has 5 rings (SSSR count). The number of nitrogen functional groups attached to an aromatic ring is 1. The number of nitrogens with zero attached hydrogens (tertiary/aromatic N) is 4. The molecule has 2 aromatic heterocycles. The molecule has 172 valence electrons. The minimum Gasteiger partial charge on any atom is -0.481 e. The van der Waals surface area contributed by atoms with Crippen LogP contribution in [0.3, 0.4) is 0 Å². The fraction of sp³-hybridized carbons (Fsp3) is 0.231. The van der Waals surface area contributed by atoms with Gasteiger partial charge in [0.2, 0.25) is 0 Å². The number of aromatic nitrogens is 3. The standard InChI is InChI=1S/C26H25N5O2S/c1-13-15(3)34-25-21(13)23(19-7-5-17(6-8-19)18-9-11-20(27)12-10-18)28-22(14(2)26(32)33)24-30-29-16(4)31(24)25/h5-12,14,22H,27H2,1-4H3,(H,32,33)/t14?,22-/m0/s1. The molecule has 0 bridgehead atoms. The van der Waals surface area contributed by atoms with Crippen molar-refractivity contribution in [3.05, 3.63) is 81.7 Å². The van der Waals surface area contributed by atoms with Gasteiger partial charge in [-0.2, -0.15) is 0 Å². The van der Waals surface area contributed by atoms with Crippen molar-refractivity contribution in [1.29, 1.82) is 0 Å². The second-order valence-electron chi connectivity index (χ2n) is 8.65. The molecule has 8 heteroatoms. The highest BCUT2D eigenvalue weighted by molar-refractivity contribution is 7.15. The summed E-state index contributed by atoms with van der Waals surface area (Å²) >= 11 is 1.66. The molecule has 2 aromatic carbocycles. The first-order chi connectivity index (χ1) is 16.3. The van der Waals surface area contributed by atoms with Crippen molar-refractivity contribution in [3.8, 4) is 16.1 Å². The zero-order valence-corrected chi connectivity index (χ0v) is 20.2. The molecule has 7 nitrogen and oxygen atoms in total. The summed E-state index contributed by atoms with van der Waals surface area (Å²) in [7, 11) is 0. The van der Waals surface area contributed by atoms with Crippen molar-refractivity contribution >= 4 is 28.7 Å².